The Hall–Kier alpha value is -2.57. The molecule has 0 bridgehead atoms. The van der Waals surface area contributed by atoms with E-state index >= 15 is 0 Å². The molecule has 3 amide bonds. The van der Waals surface area contributed by atoms with Gasteiger partial charge in [-0.05, 0) is 72.4 Å². The first kappa shape index (κ1) is 31.5. The number of ether oxygens (including phenoxy) is 1. The SMILES string of the molecule is CCCCCCN(C(=O)C(C)NC(=O)OC(C)(C)C)C(C(=O)NC(C)CCC)c1ccc(C)cc1C. The van der Waals surface area contributed by atoms with E-state index in [1.54, 1.807) is 32.6 Å². The van der Waals surface area contributed by atoms with Crippen molar-refractivity contribution in [3.05, 3.63) is 34.9 Å². The van der Waals surface area contributed by atoms with Crippen molar-refractivity contribution >= 4 is 17.9 Å². The first-order chi connectivity index (χ1) is 16.8. The molecule has 0 radical (unpaired) electrons. The van der Waals surface area contributed by atoms with Crippen molar-refractivity contribution in [3.63, 3.8) is 0 Å². The first-order valence-corrected chi connectivity index (χ1v) is 13.5. The number of carbonyl (C=O) groups excluding carboxylic acids is 3. The summed E-state index contributed by atoms with van der Waals surface area (Å²) < 4.78 is 5.36. The molecule has 0 spiro atoms. The van der Waals surface area contributed by atoms with E-state index in [1.807, 2.05) is 39.0 Å². The molecular formula is C29H49N3O4. The standard InChI is InChI=1S/C29H49N3O4/c1-10-12-13-14-18-32(27(34)23(6)31-28(35)36-29(7,8)9)25(26(33)30-22(5)15-11-2)24-17-16-20(3)19-21(24)4/h16-17,19,22-23,25H,10-15,18H2,1-9H3,(H,30,33)(H,31,35). The maximum absolute atomic E-state index is 13.8. The van der Waals surface area contributed by atoms with Crippen molar-refractivity contribution in [2.24, 2.45) is 0 Å². The van der Waals surface area contributed by atoms with Crippen LogP contribution in [0, 0.1) is 13.8 Å². The molecule has 0 saturated carbocycles. The van der Waals surface area contributed by atoms with Crippen molar-refractivity contribution in [1.29, 1.82) is 0 Å². The zero-order chi connectivity index (χ0) is 27.5. The Bertz CT molecular complexity index is 863. The molecule has 204 valence electrons. The van der Waals surface area contributed by atoms with Gasteiger partial charge in [-0.3, -0.25) is 9.59 Å². The van der Waals surface area contributed by atoms with Crippen LogP contribution in [0.5, 0.6) is 0 Å². The fraction of sp³-hybridized carbons (Fsp3) is 0.690. The first-order valence-electron chi connectivity index (χ1n) is 13.5. The number of amides is 3. The molecule has 0 aliphatic heterocycles. The third kappa shape index (κ3) is 10.6. The zero-order valence-corrected chi connectivity index (χ0v) is 24.0. The summed E-state index contributed by atoms with van der Waals surface area (Å²) in [5, 5.41) is 5.79. The highest BCUT2D eigenvalue weighted by molar-refractivity contribution is 5.92. The quantitative estimate of drug-likeness (QED) is 0.325. The molecule has 3 atom stereocenters. The van der Waals surface area contributed by atoms with Crippen LogP contribution in [0.25, 0.3) is 0 Å². The maximum Gasteiger partial charge on any atom is 0.408 e. The van der Waals surface area contributed by atoms with Crippen LogP contribution in [0.3, 0.4) is 0 Å². The molecule has 0 aliphatic carbocycles. The number of unbranched alkanes of at least 4 members (excludes halogenated alkanes) is 3. The Morgan fingerprint density at radius 2 is 1.64 bits per heavy atom. The van der Waals surface area contributed by atoms with Crippen LogP contribution in [0.2, 0.25) is 0 Å². The van der Waals surface area contributed by atoms with Gasteiger partial charge in [0.2, 0.25) is 11.8 Å². The largest absolute Gasteiger partial charge is 0.444 e. The van der Waals surface area contributed by atoms with E-state index in [4.69, 9.17) is 4.74 Å². The van der Waals surface area contributed by atoms with Crippen molar-refractivity contribution in [2.45, 2.75) is 125 Å². The van der Waals surface area contributed by atoms with E-state index in [2.05, 4.69) is 24.5 Å². The van der Waals surface area contributed by atoms with E-state index in [0.717, 1.165) is 55.2 Å². The Labute approximate surface area is 218 Å². The maximum atomic E-state index is 13.8. The van der Waals surface area contributed by atoms with Crippen molar-refractivity contribution < 1.29 is 19.1 Å². The van der Waals surface area contributed by atoms with Gasteiger partial charge < -0.3 is 20.3 Å². The molecule has 0 saturated heterocycles. The molecule has 7 heteroatoms. The average Bonchev–Trinajstić information content (AvgIpc) is 2.75. The molecule has 1 rings (SSSR count). The lowest BCUT2D eigenvalue weighted by molar-refractivity contribution is -0.142. The minimum Gasteiger partial charge on any atom is -0.444 e. The lowest BCUT2D eigenvalue weighted by atomic mass is 9.96. The second-order valence-electron chi connectivity index (χ2n) is 10.9. The minimum atomic E-state index is -0.847. The van der Waals surface area contributed by atoms with Crippen LogP contribution in [-0.4, -0.2) is 47.0 Å². The van der Waals surface area contributed by atoms with E-state index < -0.39 is 23.8 Å². The molecule has 1 aromatic carbocycles. The zero-order valence-electron chi connectivity index (χ0n) is 24.0. The highest BCUT2D eigenvalue weighted by Gasteiger charge is 2.35. The van der Waals surface area contributed by atoms with Crippen LogP contribution >= 0.6 is 0 Å². The van der Waals surface area contributed by atoms with Gasteiger partial charge in [-0.25, -0.2) is 4.79 Å². The van der Waals surface area contributed by atoms with E-state index in [0.29, 0.717) is 6.54 Å². The number of hydrogen-bond acceptors (Lipinski definition) is 4. The second kappa shape index (κ2) is 14.9. The smallest absolute Gasteiger partial charge is 0.408 e. The number of alkyl carbamates (subject to hydrolysis) is 1. The lowest BCUT2D eigenvalue weighted by Crippen LogP contribution is -2.53. The molecule has 0 heterocycles. The minimum absolute atomic E-state index is 0.00916. The number of hydrogen-bond donors (Lipinski definition) is 2. The molecule has 0 fully saturated rings. The van der Waals surface area contributed by atoms with Crippen molar-refractivity contribution in [3.8, 4) is 0 Å². The Balaban J connectivity index is 3.39. The summed E-state index contributed by atoms with van der Waals surface area (Å²) in [6.45, 7) is 17.6. The predicted molar refractivity (Wildman–Crippen MR) is 146 cm³/mol. The summed E-state index contributed by atoms with van der Waals surface area (Å²) in [6.07, 6.45) is 5.01. The summed E-state index contributed by atoms with van der Waals surface area (Å²) in [7, 11) is 0. The number of benzene rings is 1. The Kier molecular flexibility index (Phi) is 13.0. The van der Waals surface area contributed by atoms with Gasteiger partial charge in [0, 0.05) is 12.6 Å². The van der Waals surface area contributed by atoms with Gasteiger partial charge in [0.25, 0.3) is 0 Å². The molecule has 3 unspecified atom stereocenters. The Morgan fingerprint density at radius 3 is 2.19 bits per heavy atom. The van der Waals surface area contributed by atoms with Gasteiger partial charge in [-0.1, -0.05) is 63.3 Å². The van der Waals surface area contributed by atoms with Crippen LogP contribution in [-0.2, 0) is 14.3 Å². The Morgan fingerprint density at radius 1 is 0.972 bits per heavy atom. The highest BCUT2D eigenvalue weighted by atomic mass is 16.6. The van der Waals surface area contributed by atoms with Gasteiger partial charge in [0.1, 0.15) is 17.7 Å². The van der Waals surface area contributed by atoms with Gasteiger partial charge in [0.15, 0.2) is 0 Å². The van der Waals surface area contributed by atoms with Gasteiger partial charge in [0.05, 0.1) is 0 Å². The number of carbonyl (C=O) groups is 3. The molecule has 1 aromatic rings. The van der Waals surface area contributed by atoms with Gasteiger partial charge in [-0.15, -0.1) is 0 Å². The molecule has 2 N–H and O–H groups in total. The monoisotopic (exact) mass is 503 g/mol. The average molecular weight is 504 g/mol. The predicted octanol–water partition coefficient (Wildman–Crippen LogP) is 5.97. The van der Waals surface area contributed by atoms with E-state index in [1.165, 1.54) is 0 Å². The summed E-state index contributed by atoms with van der Waals surface area (Å²) >= 11 is 0. The van der Waals surface area contributed by atoms with Crippen LogP contribution in [0.4, 0.5) is 4.79 Å². The summed E-state index contributed by atoms with van der Waals surface area (Å²) in [6, 6.07) is 4.30. The number of nitrogens with zero attached hydrogens (tertiary/aromatic N) is 1. The van der Waals surface area contributed by atoms with E-state index in [9.17, 15) is 14.4 Å². The number of nitrogens with one attached hydrogen (secondary N) is 2. The van der Waals surface area contributed by atoms with Crippen LogP contribution in [0.1, 0.15) is 110 Å². The van der Waals surface area contributed by atoms with Gasteiger partial charge in [-0.2, -0.15) is 0 Å². The second-order valence-corrected chi connectivity index (χ2v) is 10.9. The third-order valence-corrected chi connectivity index (χ3v) is 6.03. The van der Waals surface area contributed by atoms with Crippen molar-refractivity contribution in [2.75, 3.05) is 6.54 Å². The molecular weight excluding hydrogens is 454 g/mol. The molecule has 7 nitrogen and oxygen atoms in total. The van der Waals surface area contributed by atoms with Gasteiger partial charge >= 0.3 is 6.09 Å². The number of rotatable bonds is 13. The summed E-state index contributed by atoms with van der Waals surface area (Å²) in [5.41, 5.74) is 2.17. The fourth-order valence-electron chi connectivity index (χ4n) is 4.28. The van der Waals surface area contributed by atoms with Crippen LogP contribution in [0.15, 0.2) is 18.2 Å². The summed E-state index contributed by atoms with van der Waals surface area (Å²) in [5.74, 6) is -0.503. The highest BCUT2D eigenvalue weighted by Crippen LogP contribution is 2.27. The topological polar surface area (TPSA) is 87.7 Å². The molecule has 36 heavy (non-hydrogen) atoms. The van der Waals surface area contributed by atoms with E-state index in [-0.39, 0.29) is 17.9 Å². The molecule has 0 aliphatic rings. The third-order valence-electron chi connectivity index (χ3n) is 6.03. The summed E-state index contributed by atoms with van der Waals surface area (Å²) in [4.78, 5) is 41.5. The number of aryl methyl sites for hydroxylation is 2. The fourth-order valence-corrected chi connectivity index (χ4v) is 4.28. The molecule has 0 aromatic heterocycles. The normalized spacial score (nSPS) is 13.9. The lowest BCUT2D eigenvalue weighted by Gasteiger charge is -2.35. The van der Waals surface area contributed by atoms with Crippen molar-refractivity contribution in [1.82, 2.24) is 15.5 Å². The van der Waals surface area contributed by atoms with Crippen LogP contribution < -0.4 is 10.6 Å².